The van der Waals surface area contributed by atoms with Gasteiger partial charge in [0.2, 0.25) is 5.91 Å². The molecule has 1 heterocycles. The summed E-state index contributed by atoms with van der Waals surface area (Å²) >= 11 is 6.46. The summed E-state index contributed by atoms with van der Waals surface area (Å²) in [6, 6.07) is 9.59. The standard InChI is InChI=1S/C13H10N2OS2/c16-11(7-6-10-4-2-1-3-5-10)15-12(17)13-14-8-9-18-13/h1-9H,(H,15,16,17). The van der Waals surface area contributed by atoms with Gasteiger partial charge in [0, 0.05) is 17.7 Å². The first-order chi connectivity index (χ1) is 8.75. The van der Waals surface area contributed by atoms with Gasteiger partial charge in [-0.3, -0.25) is 4.79 Å². The molecule has 1 N–H and O–H groups in total. The van der Waals surface area contributed by atoms with Gasteiger partial charge in [0.15, 0.2) is 5.01 Å². The Hall–Kier alpha value is -1.85. The molecule has 2 rings (SSSR count). The lowest BCUT2D eigenvalue weighted by atomic mass is 10.2. The summed E-state index contributed by atoms with van der Waals surface area (Å²) in [4.78, 5) is 16.0. The molecule has 0 saturated carbocycles. The van der Waals surface area contributed by atoms with Crippen molar-refractivity contribution in [3.05, 3.63) is 58.6 Å². The van der Waals surface area contributed by atoms with Crippen molar-refractivity contribution in [1.82, 2.24) is 10.3 Å². The zero-order valence-corrected chi connectivity index (χ0v) is 11.0. The molecule has 3 nitrogen and oxygen atoms in total. The highest BCUT2D eigenvalue weighted by atomic mass is 32.1. The van der Waals surface area contributed by atoms with E-state index in [1.54, 1.807) is 12.3 Å². The Balaban J connectivity index is 1.93. The van der Waals surface area contributed by atoms with Crippen molar-refractivity contribution in [2.75, 3.05) is 0 Å². The molecule has 0 aliphatic carbocycles. The summed E-state index contributed by atoms with van der Waals surface area (Å²) in [5.74, 6) is -0.251. The number of rotatable bonds is 3. The topological polar surface area (TPSA) is 42.0 Å². The van der Waals surface area contributed by atoms with E-state index in [9.17, 15) is 4.79 Å². The Morgan fingerprint density at radius 2 is 2.11 bits per heavy atom. The highest BCUT2D eigenvalue weighted by Gasteiger charge is 2.05. The van der Waals surface area contributed by atoms with Crippen molar-refractivity contribution in [1.29, 1.82) is 0 Å². The van der Waals surface area contributed by atoms with Crippen LogP contribution in [0.4, 0.5) is 0 Å². The number of nitrogens with one attached hydrogen (secondary N) is 1. The lowest BCUT2D eigenvalue weighted by molar-refractivity contribution is -0.115. The van der Waals surface area contributed by atoms with Gasteiger partial charge in [-0.1, -0.05) is 42.5 Å². The zero-order valence-electron chi connectivity index (χ0n) is 9.37. The van der Waals surface area contributed by atoms with Gasteiger partial charge in [-0.05, 0) is 11.6 Å². The number of hydrogen-bond donors (Lipinski definition) is 1. The third-order valence-corrected chi connectivity index (χ3v) is 3.31. The van der Waals surface area contributed by atoms with Crippen molar-refractivity contribution < 1.29 is 4.79 Å². The van der Waals surface area contributed by atoms with Crippen LogP contribution in [0.5, 0.6) is 0 Å². The molecule has 0 unspecified atom stereocenters. The molecule has 0 aliphatic rings. The first-order valence-corrected chi connectivity index (χ1v) is 6.52. The molecule has 0 bridgehead atoms. The quantitative estimate of drug-likeness (QED) is 0.691. The summed E-state index contributed by atoms with van der Waals surface area (Å²) in [5.41, 5.74) is 0.966. The van der Waals surface area contributed by atoms with Crippen LogP contribution in [0.2, 0.25) is 0 Å². The van der Waals surface area contributed by atoms with Gasteiger partial charge in [-0.15, -0.1) is 11.3 Å². The Labute approximate surface area is 114 Å². The number of aromatic nitrogens is 1. The minimum absolute atomic E-state index is 0.251. The number of carbonyl (C=O) groups excluding carboxylic acids is 1. The van der Waals surface area contributed by atoms with Crippen LogP contribution in [-0.2, 0) is 4.79 Å². The maximum absolute atomic E-state index is 11.6. The van der Waals surface area contributed by atoms with Gasteiger partial charge in [0.25, 0.3) is 0 Å². The van der Waals surface area contributed by atoms with Gasteiger partial charge in [0.1, 0.15) is 4.99 Å². The Morgan fingerprint density at radius 3 is 2.78 bits per heavy atom. The van der Waals surface area contributed by atoms with E-state index in [2.05, 4.69) is 10.3 Å². The second-order valence-corrected chi connectivity index (χ2v) is 4.70. The van der Waals surface area contributed by atoms with Crippen LogP contribution in [-0.4, -0.2) is 15.9 Å². The molecule has 2 aromatic rings. The molecule has 0 fully saturated rings. The molecular weight excluding hydrogens is 264 g/mol. The van der Waals surface area contributed by atoms with E-state index in [0.29, 0.717) is 10.00 Å². The first kappa shape index (κ1) is 12.6. The van der Waals surface area contributed by atoms with Crippen molar-refractivity contribution in [2.24, 2.45) is 0 Å². The van der Waals surface area contributed by atoms with Crippen LogP contribution >= 0.6 is 23.6 Å². The average molecular weight is 274 g/mol. The molecule has 0 radical (unpaired) electrons. The highest BCUT2D eigenvalue weighted by Crippen LogP contribution is 2.04. The van der Waals surface area contributed by atoms with Gasteiger partial charge in [-0.2, -0.15) is 0 Å². The van der Waals surface area contributed by atoms with Crippen LogP contribution in [0, 0.1) is 0 Å². The molecule has 0 saturated heterocycles. The third kappa shape index (κ3) is 3.58. The smallest absolute Gasteiger partial charge is 0.249 e. The molecule has 1 aromatic heterocycles. The van der Waals surface area contributed by atoms with E-state index in [0.717, 1.165) is 5.56 Å². The van der Waals surface area contributed by atoms with E-state index < -0.39 is 0 Å². The van der Waals surface area contributed by atoms with Crippen molar-refractivity contribution in [3.8, 4) is 0 Å². The fourth-order valence-corrected chi connectivity index (χ4v) is 2.11. The summed E-state index contributed by atoms with van der Waals surface area (Å²) < 4.78 is 0. The van der Waals surface area contributed by atoms with Gasteiger partial charge < -0.3 is 5.32 Å². The summed E-state index contributed by atoms with van der Waals surface area (Å²) in [6.45, 7) is 0. The van der Waals surface area contributed by atoms with Crippen molar-refractivity contribution >= 4 is 40.5 Å². The summed E-state index contributed by atoms with van der Waals surface area (Å²) in [5, 5.41) is 5.06. The van der Waals surface area contributed by atoms with Crippen LogP contribution in [0.25, 0.3) is 6.08 Å². The van der Waals surface area contributed by atoms with Crippen molar-refractivity contribution in [3.63, 3.8) is 0 Å². The highest BCUT2D eigenvalue weighted by molar-refractivity contribution is 7.81. The van der Waals surface area contributed by atoms with Gasteiger partial charge in [0.05, 0.1) is 0 Å². The largest absolute Gasteiger partial charge is 0.311 e. The SMILES string of the molecule is O=C(C=Cc1ccccc1)NC(=S)c1nccs1. The second kappa shape index (κ2) is 6.18. The average Bonchev–Trinajstić information content (AvgIpc) is 2.91. The fraction of sp³-hybridized carbons (Fsp3) is 0. The molecule has 5 heteroatoms. The third-order valence-electron chi connectivity index (χ3n) is 2.09. The molecule has 1 amide bonds. The minimum atomic E-state index is -0.251. The second-order valence-electron chi connectivity index (χ2n) is 3.40. The zero-order chi connectivity index (χ0) is 12.8. The number of hydrogen-bond acceptors (Lipinski definition) is 4. The summed E-state index contributed by atoms with van der Waals surface area (Å²) in [6.07, 6.45) is 4.84. The molecule has 0 atom stereocenters. The number of thiocarbonyl (C=S) groups is 1. The number of nitrogens with zero attached hydrogens (tertiary/aromatic N) is 1. The normalized spacial score (nSPS) is 10.4. The molecule has 90 valence electrons. The monoisotopic (exact) mass is 274 g/mol. The molecule has 18 heavy (non-hydrogen) atoms. The van der Waals surface area contributed by atoms with E-state index in [-0.39, 0.29) is 5.91 Å². The molecular formula is C13H10N2OS2. The van der Waals surface area contributed by atoms with Gasteiger partial charge >= 0.3 is 0 Å². The lowest BCUT2D eigenvalue weighted by Crippen LogP contribution is -2.27. The number of thiazole rings is 1. The van der Waals surface area contributed by atoms with E-state index >= 15 is 0 Å². The maximum atomic E-state index is 11.6. The Bertz CT molecular complexity index is 562. The van der Waals surface area contributed by atoms with Crippen LogP contribution in [0.1, 0.15) is 10.6 Å². The van der Waals surface area contributed by atoms with E-state index in [4.69, 9.17) is 12.2 Å². The minimum Gasteiger partial charge on any atom is -0.311 e. The summed E-state index contributed by atoms with van der Waals surface area (Å²) in [7, 11) is 0. The van der Waals surface area contributed by atoms with Crippen LogP contribution < -0.4 is 5.32 Å². The maximum Gasteiger partial charge on any atom is 0.249 e. The van der Waals surface area contributed by atoms with Gasteiger partial charge in [-0.25, -0.2) is 4.98 Å². The molecule has 1 aromatic carbocycles. The first-order valence-electron chi connectivity index (χ1n) is 5.23. The number of amides is 1. The Morgan fingerprint density at radius 1 is 1.33 bits per heavy atom. The van der Waals surface area contributed by atoms with Crippen LogP contribution in [0.15, 0.2) is 48.0 Å². The number of carbonyl (C=O) groups is 1. The Kier molecular flexibility index (Phi) is 4.33. The molecule has 0 spiro atoms. The lowest BCUT2D eigenvalue weighted by Gasteiger charge is -1.99. The predicted octanol–water partition coefficient (Wildman–Crippen LogP) is 2.65. The van der Waals surface area contributed by atoms with E-state index in [1.807, 2.05) is 35.7 Å². The van der Waals surface area contributed by atoms with E-state index in [1.165, 1.54) is 17.4 Å². The van der Waals surface area contributed by atoms with Crippen LogP contribution in [0.3, 0.4) is 0 Å². The number of benzene rings is 1. The molecule has 0 aliphatic heterocycles. The van der Waals surface area contributed by atoms with Crippen molar-refractivity contribution in [2.45, 2.75) is 0 Å². The predicted molar refractivity (Wildman–Crippen MR) is 77.4 cm³/mol. The fourth-order valence-electron chi connectivity index (χ4n) is 1.28.